The van der Waals surface area contributed by atoms with Gasteiger partial charge in [0.15, 0.2) is 0 Å². The van der Waals surface area contributed by atoms with Crippen LogP contribution in [0.3, 0.4) is 0 Å². The minimum absolute atomic E-state index is 0.286. The molecule has 0 fully saturated rings. The van der Waals surface area contributed by atoms with Crippen LogP contribution in [0.4, 0.5) is 0 Å². The second-order valence-electron chi connectivity index (χ2n) is 2.74. The molecule has 0 radical (unpaired) electrons. The summed E-state index contributed by atoms with van der Waals surface area (Å²) in [6, 6.07) is 0. The number of rotatable bonds is 8. The lowest BCUT2D eigenvalue weighted by Gasteiger charge is -1.97. The third kappa shape index (κ3) is 9.78. The fourth-order valence-corrected chi connectivity index (χ4v) is 1.31. The van der Waals surface area contributed by atoms with Gasteiger partial charge in [-0.05, 0) is 24.9 Å². The van der Waals surface area contributed by atoms with E-state index in [9.17, 15) is 4.79 Å². The lowest BCUT2D eigenvalue weighted by molar-refractivity contribution is -0.137. The van der Waals surface area contributed by atoms with Gasteiger partial charge in [0, 0.05) is 12.2 Å². The molecule has 0 rings (SSSR count). The summed E-state index contributed by atoms with van der Waals surface area (Å²) < 4.78 is 8.38. The number of carbonyl (C=O) groups is 1. The monoisotopic (exact) mass is 192 g/mol. The molecule has 0 aromatic rings. The van der Waals surface area contributed by atoms with Crippen molar-refractivity contribution in [2.45, 2.75) is 38.5 Å². The molecule has 0 amide bonds. The molecule has 3 nitrogen and oxygen atoms in total. The van der Waals surface area contributed by atoms with Crippen molar-refractivity contribution in [3.8, 4) is 0 Å². The molecule has 0 saturated carbocycles. The van der Waals surface area contributed by atoms with E-state index in [1.807, 2.05) is 0 Å². The van der Waals surface area contributed by atoms with E-state index in [4.69, 9.17) is 9.66 Å². The Labute approximate surface area is 77.4 Å². The maximum absolute atomic E-state index is 10.1. The van der Waals surface area contributed by atoms with Gasteiger partial charge < -0.3 is 9.66 Å². The van der Waals surface area contributed by atoms with Gasteiger partial charge in [-0.15, -0.1) is 0 Å². The SMILES string of the molecule is O=C(O)CCCCCCCSO. The molecule has 0 saturated heterocycles. The quantitative estimate of drug-likeness (QED) is 0.458. The van der Waals surface area contributed by atoms with E-state index in [0.29, 0.717) is 0 Å². The van der Waals surface area contributed by atoms with Gasteiger partial charge in [0.05, 0.1) is 0 Å². The van der Waals surface area contributed by atoms with Crippen LogP contribution in [0.1, 0.15) is 38.5 Å². The molecule has 0 aliphatic heterocycles. The molecule has 0 aromatic heterocycles. The Balaban J connectivity index is 2.86. The van der Waals surface area contributed by atoms with Crippen molar-refractivity contribution in [2.75, 3.05) is 5.75 Å². The maximum atomic E-state index is 10.1. The number of aliphatic carboxylic acids is 1. The first-order chi connectivity index (χ1) is 5.77. The van der Waals surface area contributed by atoms with E-state index in [1.165, 1.54) is 0 Å². The van der Waals surface area contributed by atoms with Crippen molar-refractivity contribution in [3.05, 3.63) is 0 Å². The van der Waals surface area contributed by atoms with Gasteiger partial charge in [-0.3, -0.25) is 4.79 Å². The average Bonchev–Trinajstić information content (AvgIpc) is 2.02. The first kappa shape index (κ1) is 11.8. The predicted octanol–water partition coefficient (Wildman–Crippen LogP) is 2.62. The second-order valence-corrected chi connectivity index (χ2v) is 3.41. The molecule has 0 bridgehead atoms. The highest BCUT2D eigenvalue weighted by molar-refractivity contribution is 7.93. The van der Waals surface area contributed by atoms with Gasteiger partial charge in [-0.1, -0.05) is 19.3 Å². The number of hydrogen-bond donors (Lipinski definition) is 2. The molecular weight excluding hydrogens is 176 g/mol. The van der Waals surface area contributed by atoms with Crippen LogP contribution in [0.2, 0.25) is 0 Å². The standard InChI is InChI=1S/C8H16O3S/c9-8(10)6-4-2-1-3-5-7-12-11/h11H,1-7H2,(H,9,10). The minimum atomic E-state index is -0.707. The molecule has 0 aliphatic carbocycles. The number of carboxylic acids is 1. The molecule has 0 aliphatic rings. The molecular formula is C8H16O3S. The van der Waals surface area contributed by atoms with Crippen molar-refractivity contribution in [3.63, 3.8) is 0 Å². The largest absolute Gasteiger partial charge is 0.481 e. The van der Waals surface area contributed by atoms with Crippen LogP contribution in [-0.4, -0.2) is 21.4 Å². The van der Waals surface area contributed by atoms with Gasteiger partial charge in [0.25, 0.3) is 0 Å². The Morgan fingerprint density at radius 1 is 1.08 bits per heavy atom. The Hall–Kier alpha value is -0.220. The molecule has 12 heavy (non-hydrogen) atoms. The second kappa shape index (κ2) is 8.87. The van der Waals surface area contributed by atoms with Crippen molar-refractivity contribution >= 4 is 18.0 Å². The summed E-state index contributed by atoms with van der Waals surface area (Å²) in [5.74, 6) is 0.0831. The summed E-state index contributed by atoms with van der Waals surface area (Å²) in [5, 5.41) is 8.32. The van der Waals surface area contributed by atoms with E-state index in [1.54, 1.807) is 0 Å². The van der Waals surface area contributed by atoms with E-state index < -0.39 is 5.97 Å². The maximum Gasteiger partial charge on any atom is 0.303 e. The summed E-state index contributed by atoms with van der Waals surface area (Å²) in [7, 11) is 0. The van der Waals surface area contributed by atoms with Gasteiger partial charge in [-0.25, -0.2) is 0 Å². The minimum Gasteiger partial charge on any atom is -0.481 e. The van der Waals surface area contributed by atoms with Gasteiger partial charge in [0.2, 0.25) is 0 Å². The lowest BCUT2D eigenvalue weighted by Crippen LogP contribution is -1.93. The van der Waals surface area contributed by atoms with E-state index in [0.717, 1.165) is 49.9 Å². The van der Waals surface area contributed by atoms with Crippen LogP contribution < -0.4 is 0 Å². The van der Waals surface area contributed by atoms with Gasteiger partial charge in [0.1, 0.15) is 0 Å². The zero-order chi connectivity index (χ0) is 9.23. The molecule has 72 valence electrons. The third-order valence-electron chi connectivity index (χ3n) is 1.63. The molecule has 0 atom stereocenters. The molecule has 0 spiro atoms. The number of hydrogen-bond acceptors (Lipinski definition) is 3. The summed E-state index contributed by atoms with van der Waals surface area (Å²) in [4.78, 5) is 10.1. The molecule has 2 N–H and O–H groups in total. The summed E-state index contributed by atoms with van der Waals surface area (Å²) >= 11 is 0.876. The Kier molecular flexibility index (Phi) is 8.71. The highest BCUT2D eigenvalue weighted by atomic mass is 32.2. The Morgan fingerprint density at radius 3 is 2.25 bits per heavy atom. The molecule has 0 unspecified atom stereocenters. The molecule has 0 aromatic carbocycles. The highest BCUT2D eigenvalue weighted by Gasteiger charge is 1.95. The first-order valence-corrected chi connectivity index (χ1v) is 5.20. The van der Waals surface area contributed by atoms with Gasteiger partial charge in [-0.2, -0.15) is 0 Å². The summed E-state index contributed by atoms with van der Waals surface area (Å²) in [6.45, 7) is 0. The van der Waals surface area contributed by atoms with Crippen LogP contribution in [0.5, 0.6) is 0 Å². The molecule has 4 heteroatoms. The highest BCUT2D eigenvalue weighted by Crippen LogP contribution is 2.07. The van der Waals surface area contributed by atoms with Crippen LogP contribution in [0, 0.1) is 0 Å². The van der Waals surface area contributed by atoms with Crippen LogP contribution in [0.25, 0.3) is 0 Å². The van der Waals surface area contributed by atoms with E-state index >= 15 is 0 Å². The fourth-order valence-electron chi connectivity index (χ4n) is 0.973. The molecule has 0 heterocycles. The van der Waals surface area contributed by atoms with Crippen molar-refractivity contribution in [1.82, 2.24) is 0 Å². The normalized spacial score (nSPS) is 10.1. The topological polar surface area (TPSA) is 57.5 Å². The number of unbranched alkanes of at least 4 members (excludes halogenated alkanes) is 4. The first-order valence-electron chi connectivity index (χ1n) is 4.25. The third-order valence-corrected chi connectivity index (χ3v) is 2.10. The van der Waals surface area contributed by atoms with Crippen molar-refractivity contribution in [2.24, 2.45) is 0 Å². The summed E-state index contributed by atoms with van der Waals surface area (Å²) in [6.07, 6.45) is 5.24. The zero-order valence-corrected chi connectivity index (χ0v) is 7.98. The Bertz CT molecular complexity index is 117. The zero-order valence-electron chi connectivity index (χ0n) is 7.16. The van der Waals surface area contributed by atoms with Crippen molar-refractivity contribution < 1.29 is 14.5 Å². The predicted molar refractivity (Wildman–Crippen MR) is 50.4 cm³/mol. The van der Waals surface area contributed by atoms with E-state index in [-0.39, 0.29) is 6.42 Å². The van der Waals surface area contributed by atoms with Crippen molar-refractivity contribution in [1.29, 1.82) is 0 Å². The smallest absolute Gasteiger partial charge is 0.303 e. The van der Waals surface area contributed by atoms with E-state index in [2.05, 4.69) is 0 Å². The van der Waals surface area contributed by atoms with Gasteiger partial charge >= 0.3 is 5.97 Å². The summed E-state index contributed by atoms with van der Waals surface area (Å²) in [5.41, 5.74) is 0. The Morgan fingerprint density at radius 2 is 1.67 bits per heavy atom. The van der Waals surface area contributed by atoms with Crippen LogP contribution in [-0.2, 0) is 4.79 Å². The fraction of sp³-hybridized carbons (Fsp3) is 0.875. The number of carboxylic acid groups (broad SMARTS) is 1. The lowest BCUT2D eigenvalue weighted by atomic mass is 10.1. The van der Waals surface area contributed by atoms with Crippen LogP contribution in [0.15, 0.2) is 0 Å². The van der Waals surface area contributed by atoms with Crippen LogP contribution >= 0.6 is 12.0 Å². The average molecular weight is 192 g/mol.